The van der Waals surface area contributed by atoms with Gasteiger partial charge < -0.3 is 29.4 Å². The van der Waals surface area contributed by atoms with Gasteiger partial charge in [-0.1, -0.05) is 37.0 Å². The monoisotopic (exact) mass is 544 g/mol. The predicted molar refractivity (Wildman–Crippen MR) is 129 cm³/mol. The number of carbonyl (C=O) groups is 5. The molecule has 0 unspecified atom stereocenters. The molecule has 0 aliphatic carbocycles. The van der Waals surface area contributed by atoms with Crippen LogP contribution in [0.4, 0.5) is 0 Å². The summed E-state index contributed by atoms with van der Waals surface area (Å²) in [5.41, 5.74) is -1.87. The van der Waals surface area contributed by atoms with Crippen LogP contribution in [-0.4, -0.2) is 69.1 Å². The normalized spacial score (nSPS) is 15.2. The van der Waals surface area contributed by atoms with Crippen molar-refractivity contribution in [1.82, 2.24) is 10.6 Å². The van der Waals surface area contributed by atoms with Crippen molar-refractivity contribution in [3.63, 3.8) is 0 Å². The standard InChI is InChI=1S/C22H27BCl2N2O9/c1-12(2)7-16(27-17(28)11-26-20(31)14-8-13(24)5-6-15(14)25)23-35-21(32)22(36-23,9-18(29)33-3)10-19(30)34-4/h5-6,8,12,16H,7,9-11H2,1-4H3,(H,26,31)(H,27,28)/t16-/m0/s1. The van der Waals surface area contributed by atoms with E-state index >= 15 is 0 Å². The van der Waals surface area contributed by atoms with Crippen LogP contribution in [0.15, 0.2) is 18.2 Å². The van der Waals surface area contributed by atoms with Gasteiger partial charge in [0.1, 0.15) is 0 Å². The first-order valence-electron chi connectivity index (χ1n) is 11.0. The molecule has 0 spiro atoms. The second kappa shape index (κ2) is 12.9. The van der Waals surface area contributed by atoms with Gasteiger partial charge in [-0.3, -0.25) is 24.0 Å². The maximum atomic E-state index is 12.8. The summed E-state index contributed by atoms with van der Waals surface area (Å²) in [7, 11) is 0.938. The first kappa shape index (κ1) is 29.4. The van der Waals surface area contributed by atoms with Gasteiger partial charge in [0.2, 0.25) is 5.91 Å². The van der Waals surface area contributed by atoms with Crippen molar-refractivity contribution < 1.29 is 42.8 Å². The highest BCUT2D eigenvalue weighted by atomic mass is 35.5. The van der Waals surface area contributed by atoms with Gasteiger partial charge in [0.25, 0.3) is 5.91 Å². The van der Waals surface area contributed by atoms with Crippen LogP contribution in [0.3, 0.4) is 0 Å². The Morgan fingerprint density at radius 2 is 1.69 bits per heavy atom. The van der Waals surface area contributed by atoms with Crippen LogP contribution in [0.2, 0.25) is 10.0 Å². The van der Waals surface area contributed by atoms with E-state index in [1.54, 1.807) is 0 Å². The molecule has 1 aliphatic heterocycles. The average Bonchev–Trinajstić information content (AvgIpc) is 3.13. The van der Waals surface area contributed by atoms with E-state index in [4.69, 9.17) is 32.5 Å². The summed E-state index contributed by atoms with van der Waals surface area (Å²) >= 11 is 11.9. The summed E-state index contributed by atoms with van der Waals surface area (Å²) in [6, 6.07) is 4.35. The van der Waals surface area contributed by atoms with E-state index < -0.39 is 67.8 Å². The highest BCUT2D eigenvalue weighted by Gasteiger charge is 2.58. The molecule has 14 heteroatoms. The number of benzene rings is 1. The Bertz CT molecular complexity index is 1000. The Morgan fingerprint density at radius 1 is 1.08 bits per heavy atom. The lowest BCUT2D eigenvalue weighted by Gasteiger charge is -2.25. The van der Waals surface area contributed by atoms with E-state index in [9.17, 15) is 24.0 Å². The smallest absolute Gasteiger partial charge is 0.506 e. The molecule has 0 aromatic heterocycles. The first-order valence-corrected chi connectivity index (χ1v) is 11.7. The molecule has 36 heavy (non-hydrogen) atoms. The molecule has 1 fully saturated rings. The molecule has 11 nitrogen and oxygen atoms in total. The average molecular weight is 545 g/mol. The van der Waals surface area contributed by atoms with E-state index in [1.807, 2.05) is 13.8 Å². The van der Waals surface area contributed by atoms with Crippen LogP contribution in [0.25, 0.3) is 0 Å². The SMILES string of the molecule is COC(=O)CC1(CC(=O)OC)OB([C@H](CC(C)C)NC(=O)CNC(=O)c2cc(Cl)ccc2Cl)OC1=O. The molecule has 2 amide bonds. The molecule has 196 valence electrons. The van der Waals surface area contributed by atoms with Crippen LogP contribution >= 0.6 is 23.2 Å². The van der Waals surface area contributed by atoms with Gasteiger partial charge in [-0.2, -0.15) is 0 Å². The number of esters is 2. The fraction of sp³-hybridized carbons (Fsp3) is 0.500. The topological polar surface area (TPSA) is 146 Å². The summed E-state index contributed by atoms with van der Waals surface area (Å²) in [5.74, 6) is -4.62. The third-order valence-electron chi connectivity index (χ3n) is 5.23. The number of carbonyl (C=O) groups excluding carboxylic acids is 5. The van der Waals surface area contributed by atoms with E-state index in [1.165, 1.54) is 18.2 Å². The zero-order valence-corrected chi connectivity index (χ0v) is 21.7. The van der Waals surface area contributed by atoms with Crippen molar-refractivity contribution in [2.24, 2.45) is 5.92 Å². The van der Waals surface area contributed by atoms with E-state index in [0.717, 1.165) is 14.2 Å². The fourth-order valence-corrected chi connectivity index (χ4v) is 3.88. The Labute approximate surface area is 218 Å². The third-order valence-corrected chi connectivity index (χ3v) is 5.80. The molecule has 1 aliphatic rings. The number of methoxy groups -OCH3 is 2. The van der Waals surface area contributed by atoms with Crippen molar-refractivity contribution in [3.05, 3.63) is 33.8 Å². The molecule has 1 atom stereocenters. The zero-order valence-electron chi connectivity index (χ0n) is 20.2. The largest absolute Gasteiger partial charge is 0.552 e. The molecule has 0 bridgehead atoms. The number of hydrogen-bond acceptors (Lipinski definition) is 9. The van der Waals surface area contributed by atoms with Crippen molar-refractivity contribution in [1.29, 1.82) is 0 Å². The molecular formula is C22H27BCl2N2O9. The molecule has 2 rings (SSSR count). The summed E-state index contributed by atoms with van der Waals surface area (Å²) in [4.78, 5) is 61.7. The lowest BCUT2D eigenvalue weighted by molar-refractivity contribution is -0.160. The Balaban J connectivity index is 2.13. The minimum absolute atomic E-state index is 0.0219. The Kier molecular flexibility index (Phi) is 10.6. The van der Waals surface area contributed by atoms with Crippen LogP contribution in [0, 0.1) is 5.92 Å². The van der Waals surface area contributed by atoms with Gasteiger partial charge in [-0.15, -0.1) is 0 Å². The number of amides is 2. The lowest BCUT2D eigenvalue weighted by atomic mass is 9.74. The lowest BCUT2D eigenvalue weighted by Crippen LogP contribution is -2.51. The summed E-state index contributed by atoms with van der Waals surface area (Å²) in [5, 5.41) is 5.57. The van der Waals surface area contributed by atoms with Gasteiger partial charge in [-0.25, -0.2) is 0 Å². The molecule has 1 heterocycles. The van der Waals surface area contributed by atoms with Crippen molar-refractivity contribution >= 4 is 60.0 Å². The van der Waals surface area contributed by atoms with Crippen LogP contribution < -0.4 is 10.6 Å². The van der Waals surface area contributed by atoms with Crippen LogP contribution in [-0.2, 0) is 38.0 Å². The van der Waals surface area contributed by atoms with Gasteiger partial charge >= 0.3 is 25.0 Å². The van der Waals surface area contributed by atoms with Gasteiger partial charge in [0.15, 0.2) is 5.60 Å². The molecular weight excluding hydrogens is 518 g/mol. The third kappa shape index (κ3) is 7.84. The molecule has 1 saturated heterocycles. The number of ether oxygens (including phenoxy) is 2. The molecule has 1 aromatic carbocycles. The van der Waals surface area contributed by atoms with E-state index in [0.29, 0.717) is 11.4 Å². The highest BCUT2D eigenvalue weighted by Crippen LogP contribution is 2.33. The number of halogens is 2. The maximum absolute atomic E-state index is 12.8. The highest BCUT2D eigenvalue weighted by molar-refractivity contribution is 6.51. The summed E-state index contributed by atoms with van der Waals surface area (Å²) < 4.78 is 20.4. The van der Waals surface area contributed by atoms with Crippen molar-refractivity contribution in [2.45, 2.75) is 44.7 Å². The quantitative estimate of drug-likeness (QED) is 0.314. The minimum Gasteiger partial charge on any atom is -0.506 e. The minimum atomic E-state index is -1.97. The second-order valence-corrected chi connectivity index (χ2v) is 9.35. The predicted octanol–water partition coefficient (Wildman–Crippen LogP) is 1.72. The van der Waals surface area contributed by atoms with E-state index in [2.05, 4.69) is 20.1 Å². The van der Waals surface area contributed by atoms with Crippen LogP contribution in [0.1, 0.15) is 43.5 Å². The summed E-state index contributed by atoms with van der Waals surface area (Å²) in [6.45, 7) is 3.32. The number of nitrogens with one attached hydrogen (secondary N) is 2. The molecule has 0 radical (unpaired) electrons. The Hall–Kier alpha value is -2.83. The van der Waals surface area contributed by atoms with E-state index in [-0.39, 0.29) is 16.5 Å². The maximum Gasteiger partial charge on any atom is 0.552 e. The fourth-order valence-electron chi connectivity index (χ4n) is 3.50. The van der Waals surface area contributed by atoms with Crippen molar-refractivity contribution in [2.75, 3.05) is 20.8 Å². The number of rotatable bonds is 11. The summed E-state index contributed by atoms with van der Waals surface area (Å²) in [6.07, 6.45) is -0.871. The molecule has 1 aromatic rings. The number of hydrogen-bond donors (Lipinski definition) is 2. The second-order valence-electron chi connectivity index (χ2n) is 8.50. The molecule has 0 saturated carbocycles. The van der Waals surface area contributed by atoms with Gasteiger partial charge in [0.05, 0.1) is 50.1 Å². The first-order chi connectivity index (χ1) is 16.9. The zero-order chi connectivity index (χ0) is 27.0. The van der Waals surface area contributed by atoms with Gasteiger partial charge in [-0.05, 0) is 30.5 Å². The molecule has 2 N–H and O–H groups in total. The Morgan fingerprint density at radius 3 is 2.25 bits per heavy atom. The van der Waals surface area contributed by atoms with Crippen molar-refractivity contribution in [3.8, 4) is 0 Å². The van der Waals surface area contributed by atoms with Gasteiger partial charge in [0, 0.05) is 5.02 Å². The van der Waals surface area contributed by atoms with Crippen LogP contribution in [0.5, 0.6) is 0 Å².